The van der Waals surface area contributed by atoms with Crippen LogP contribution in [-0.2, 0) is 6.18 Å². The average molecular weight is 281 g/mol. The van der Waals surface area contributed by atoms with E-state index in [9.17, 15) is 18.0 Å². The molecule has 2 amide bonds. The Kier molecular flexibility index (Phi) is 3.60. The molecule has 0 aliphatic rings. The summed E-state index contributed by atoms with van der Waals surface area (Å²) >= 11 is 0. The number of pyridine rings is 1. The van der Waals surface area contributed by atoms with Gasteiger partial charge in [0.1, 0.15) is 0 Å². The first kappa shape index (κ1) is 13.9. The van der Waals surface area contributed by atoms with Crippen molar-refractivity contribution in [3.63, 3.8) is 0 Å². The van der Waals surface area contributed by atoms with Crippen LogP contribution in [0.25, 0.3) is 11.3 Å². The van der Waals surface area contributed by atoms with Gasteiger partial charge in [0, 0.05) is 11.8 Å². The van der Waals surface area contributed by atoms with Crippen LogP contribution in [0.2, 0.25) is 0 Å². The van der Waals surface area contributed by atoms with Crippen LogP contribution in [0, 0.1) is 0 Å². The topological polar surface area (TPSA) is 68.0 Å². The number of hydrogen-bond donors (Lipinski definition) is 2. The van der Waals surface area contributed by atoms with Gasteiger partial charge in [-0.05, 0) is 6.07 Å². The number of nitrogens with two attached hydrogens (primary N) is 1. The first-order valence-electron chi connectivity index (χ1n) is 5.57. The van der Waals surface area contributed by atoms with E-state index in [0.717, 1.165) is 6.07 Å². The van der Waals surface area contributed by atoms with Gasteiger partial charge in [0.05, 0.1) is 16.9 Å². The van der Waals surface area contributed by atoms with Gasteiger partial charge in [0.25, 0.3) is 0 Å². The minimum atomic E-state index is -4.55. The monoisotopic (exact) mass is 281 g/mol. The Bertz CT molecular complexity index is 627. The van der Waals surface area contributed by atoms with E-state index in [0.29, 0.717) is 11.8 Å². The highest BCUT2D eigenvalue weighted by Gasteiger charge is 2.32. The number of anilines is 1. The molecule has 0 saturated heterocycles. The largest absolute Gasteiger partial charge is 0.417 e. The molecule has 0 atom stereocenters. The molecule has 3 N–H and O–H groups in total. The number of benzene rings is 1. The summed E-state index contributed by atoms with van der Waals surface area (Å²) in [5.74, 6) is 0. The smallest absolute Gasteiger partial charge is 0.351 e. The van der Waals surface area contributed by atoms with Crippen molar-refractivity contribution >= 4 is 11.7 Å². The molecule has 0 unspecified atom stereocenters. The number of carbonyl (C=O) groups excluding carboxylic acids is 1. The minimum absolute atomic E-state index is 0.0847. The van der Waals surface area contributed by atoms with Gasteiger partial charge in [-0.3, -0.25) is 4.98 Å². The molecule has 104 valence electrons. The fourth-order valence-electron chi connectivity index (χ4n) is 1.67. The zero-order valence-corrected chi connectivity index (χ0v) is 10.1. The van der Waals surface area contributed by atoms with Crippen molar-refractivity contribution in [2.45, 2.75) is 6.18 Å². The van der Waals surface area contributed by atoms with Gasteiger partial charge < -0.3 is 11.1 Å². The van der Waals surface area contributed by atoms with Crippen LogP contribution in [0.1, 0.15) is 5.56 Å². The highest BCUT2D eigenvalue weighted by molar-refractivity contribution is 5.92. The van der Waals surface area contributed by atoms with Crippen molar-refractivity contribution in [2.24, 2.45) is 5.73 Å². The Balaban J connectivity index is 2.54. The number of alkyl halides is 3. The van der Waals surface area contributed by atoms with Gasteiger partial charge in [-0.1, -0.05) is 30.3 Å². The quantitative estimate of drug-likeness (QED) is 0.887. The molecule has 20 heavy (non-hydrogen) atoms. The number of halogens is 3. The van der Waals surface area contributed by atoms with Crippen molar-refractivity contribution in [3.05, 3.63) is 48.2 Å². The molecule has 1 heterocycles. The van der Waals surface area contributed by atoms with Crippen LogP contribution >= 0.6 is 0 Å². The number of urea groups is 1. The number of rotatable bonds is 2. The molecular weight excluding hydrogens is 271 g/mol. The molecule has 0 fully saturated rings. The van der Waals surface area contributed by atoms with E-state index in [1.165, 1.54) is 0 Å². The second-order valence-corrected chi connectivity index (χ2v) is 3.97. The second kappa shape index (κ2) is 5.20. The van der Waals surface area contributed by atoms with Gasteiger partial charge in [-0.2, -0.15) is 13.2 Å². The fraction of sp³-hybridized carbons (Fsp3) is 0.0769. The summed E-state index contributed by atoms with van der Waals surface area (Å²) in [7, 11) is 0. The Morgan fingerprint density at radius 2 is 1.85 bits per heavy atom. The zero-order chi connectivity index (χ0) is 14.8. The van der Waals surface area contributed by atoms with Gasteiger partial charge in [0.15, 0.2) is 0 Å². The van der Waals surface area contributed by atoms with E-state index >= 15 is 0 Å². The number of carbonyl (C=O) groups is 1. The third-order valence-electron chi connectivity index (χ3n) is 2.52. The SMILES string of the molecule is NC(=O)Nc1cc(C(F)(F)F)cnc1-c1ccccc1. The minimum Gasteiger partial charge on any atom is -0.351 e. The van der Waals surface area contributed by atoms with Crippen LogP contribution < -0.4 is 11.1 Å². The van der Waals surface area contributed by atoms with Gasteiger partial charge in [0.2, 0.25) is 0 Å². The summed E-state index contributed by atoms with van der Waals surface area (Å²) in [4.78, 5) is 14.7. The maximum atomic E-state index is 12.7. The van der Waals surface area contributed by atoms with Crippen LogP contribution in [0.4, 0.5) is 23.7 Å². The normalized spacial score (nSPS) is 11.2. The molecule has 0 aliphatic carbocycles. The summed E-state index contributed by atoms with van der Waals surface area (Å²) in [6.07, 6.45) is -3.83. The van der Waals surface area contributed by atoms with E-state index in [4.69, 9.17) is 5.73 Å². The number of hydrogen-bond acceptors (Lipinski definition) is 2. The average Bonchev–Trinajstić information content (AvgIpc) is 2.38. The molecular formula is C13H10F3N3O. The third-order valence-corrected chi connectivity index (χ3v) is 2.52. The fourth-order valence-corrected chi connectivity index (χ4v) is 1.67. The first-order valence-corrected chi connectivity index (χ1v) is 5.57. The highest BCUT2D eigenvalue weighted by atomic mass is 19.4. The Morgan fingerprint density at radius 1 is 1.20 bits per heavy atom. The number of primary amides is 1. The standard InChI is InChI=1S/C13H10F3N3O/c14-13(15,16)9-6-10(19-12(17)20)11(18-7-9)8-4-2-1-3-5-8/h1-7H,(H3,17,19,20). The maximum absolute atomic E-state index is 12.7. The number of nitrogens with one attached hydrogen (secondary N) is 1. The summed E-state index contributed by atoms with van der Waals surface area (Å²) in [5.41, 5.74) is 4.72. The molecule has 1 aromatic carbocycles. The first-order chi connectivity index (χ1) is 9.38. The van der Waals surface area contributed by atoms with Crippen LogP contribution in [0.5, 0.6) is 0 Å². The van der Waals surface area contributed by atoms with Crippen molar-refractivity contribution < 1.29 is 18.0 Å². The molecule has 0 bridgehead atoms. The summed E-state index contributed by atoms with van der Waals surface area (Å²) < 4.78 is 38.0. The molecule has 2 rings (SSSR count). The van der Waals surface area contributed by atoms with Crippen molar-refractivity contribution in [2.75, 3.05) is 5.32 Å². The van der Waals surface area contributed by atoms with Crippen LogP contribution in [-0.4, -0.2) is 11.0 Å². The third kappa shape index (κ3) is 3.05. The van der Waals surface area contributed by atoms with Crippen molar-refractivity contribution in [1.29, 1.82) is 0 Å². The molecule has 0 aliphatic heterocycles. The zero-order valence-electron chi connectivity index (χ0n) is 10.1. The molecule has 2 aromatic rings. The van der Waals surface area contributed by atoms with Gasteiger partial charge in [-0.25, -0.2) is 4.79 Å². The predicted molar refractivity (Wildman–Crippen MR) is 67.9 cm³/mol. The Morgan fingerprint density at radius 3 is 2.40 bits per heavy atom. The molecule has 7 heteroatoms. The van der Waals surface area contributed by atoms with Gasteiger partial charge >= 0.3 is 12.2 Å². The number of aromatic nitrogens is 1. The van der Waals surface area contributed by atoms with E-state index in [1.807, 2.05) is 0 Å². The van der Waals surface area contributed by atoms with Crippen LogP contribution in [0.15, 0.2) is 42.6 Å². The maximum Gasteiger partial charge on any atom is 0.417 e. The van der Waals surface area contributed by atoms with E-state index in [2.05, 4.69) is 10.3 Å². The molecule has 1 aromatic heterocycles. The lowest BCUT2D eigenvalue weighted by Gasteiger charge is -2.12. The lowest BCUT2D eigenvalue weighted by atomic mass is 10.1. The highest BCUT2D eigenvalue weighted by Crippen LogP contribution is 2.34. The molecule has 0 spiro atoms. The van der Waals surface area contributed by atoms with Gasteiger partial charge in [-0.15, -0.1) is 0 Å². The van der Waals surface area contributed by atoms with Crippen LogP contribution in [0.3, 0.4) is 0 Å². The lowest BCUT2D eigenvalue weighted by Crippen LogP contribution is -2.20. The number of nitrogens with zero attached hydrogens (tertiary/aromatic N) is 1. The summed E-state index contributed by atoms with van der Waals surface area (Å²) in [6.45, 7) is 0. The summed E-state index contributed by atoms with van der Waals surface area (Å²) in [6, 6.07) is 8.37. The van der Waals surface area contributed by atoms with Crippen molar-refractivity contribution in [3.8, 4) is 11.3 Å². The predicted octanol–water partition coefficient (Wildman–Crippen LogP) is 3.26. The molecule has 0 saturated carbocycles. The molecule has 4 nitrogen and oxygen atoms in total. The molecule has 0 radical (unpaired) electrons. The lowest BCUT2D eigenvalue weighted by molar-refractivity contribution is -0.137. The summed E-state index contributed by atoms with van der Waals surface area (Å²) in [5, 5.41) is 2.16. The second-order valence-electron chi connectivity index (χ2n) is 3.97. The van der Waals surface area contributed by atoms with E-state index < -0.39 is 17.8 Å². The Labute approximate surface area is 112 Å². The number of amides is 2. The van der Waals surface area contributed by atoms with E-state index in [-0.39, 0.29) is 11.4 Å². The Hall–Kier alpha value is -2.57. The van der Waals surface area contributed by atoms with Crippen molar-refractivity contribution in [1.82, 2.24) is 4.98 Å². The van der Waals surface area contributed by atoms with E-state index in [1.54, 1.807) is 30.3 Å².